The Bertz CT molecular complexity index is 393. The van der Waals surface area contributed by atoms with Crippen LogP contribution in [0.15, 0.2) is 0 Å². The first kappa shape index (κ1) is 23.4. The van der Waals surface area contributed by atoms with Gasteiger partial charge in [-0.15, -0.1) is 0 Å². The van der Waals surface area contributed by atoms with Gasteiger partial charge in [0.1, 0.15) is 0 Å². The molecule has 1 N–H and O–H groups in total. The molecule has 0 spiro atoms. The molecule has 0 aromatic rings. The summed E-state index contributed by atoms with van der Waals surface area (Å²) in [4.78, 5) is 11.3. The van der Waals surface area contributed by atoms with Crippen LogP contribution in [0, 0.1) is 0 Å². The van der Waals surface area contributed by atoms with Gasteiger partial charge in [0.2, 0.25) is 15.9 Å². The number of hydrogen-bond donors (Lipinski definition) is 1. The first-order valence-corrected chi connectivity index (χ1v) is 11.9. The maximum absolute atomic E-state index is 11.3. The van der Waals surface area contributed by atoms with Gasteiger partial charge in [-0.1, -0.05) is 96.8 Å². The van der Waals surface area contributed by atoms with Gasteiger partial charge in [-0.3, -0.25) is 9.52 Å². The Balaban J connectivity index is 3.16. The normalized spacial score (nSPS) is 11.6. The van der Waals surface area contributed by atoms with E-state index in [9.17, 15) is 13.2 Å². The molecule has 0 aromatic carbocycles. The quantitative estimate of drug-likeness (QED) is 0.356. The van der Waals surface area contributed by atoms with E-state index >= 15 is 0 Å². The van der Waals surface area contributed by atoms with E-state index < -0.39 is 10.0 Å². The summed E-state index contributed by atoms with van der Waals surface area (Å²) in [6.07, 6.45) is 20.6. The molecule has 0 radical (unpaired) electrons. The SMILES string of the molecule is CCCCCCCCCCCCCCCCCC(=O)NS(C)(=O)=O. The first-order chi connectivity index (χ1) is 11.5. The van der Waals surface area contributed by atoms with Crippen molar-refractivity contribution < 1.29 is 13.2 Å². The van der Waals surface area contributed by atoms with Crippen LogP contribution in [0.4, 0.5) is 0 Å². The van der Waals surface area contributed by atoms with Crippen molar-refractivity contribution in [2.75, 3.05) is 6.26 Å². The predicted octanol–water partition coefficient (Wildman–Crippen LogP) is 5.32. The highest BCUT2D eigenvalue weighted by molar-refractivity contribution is 7.89. The van der Waals surface area contributed by atoms with Crippen LogP contribution in [0.25, 0.3) is 0 Å². The van der Waals surface area contributed by atoms with Crippen molar-refractivity contribution in [3.05, 3.63) is 0 Å². The second-order valence-corrected chi connectivity index (χ2v) is 8.75. The van der Waals surface area contributed by atoms with E-state index in [-0.39, 0.29) is 5.91 Å². The number of hydrogen-bond acceptors (Lipinski definition) is 3. The third-order valence-electron chi connectivity index (χ3n) is 4.31. The molecule has 0 aliphatic carbocycles. The third-order valence-corrected chi connectivity index (χ3v) is 4.91. The fraction of sp³-hybridized carbons (Fsp3) is 0.947. The summed E-state index contributed by atoms with van der Waals surface area (Å²) in [5.41, 5.74) is 0. The predicted molar refractivity (Wildman–Crippen MR) is 103 cm³/mol. The number of sulfonamides is 1. The van der Waals surface area contributed by atoms with Gasteiger partial charge in [-0.2, -0.15) is 0 Å². The molecule has 4 nitrogen and oxygen atoms in total. The van der Waals surface area contributed by atoms with Gasteiger partial charge in [0.25, 0.3) is 0 Å². The maximum Gasteiger partial charge on any atom is 0.233 e. The zero-order valence-corrected chi connectivity index (χ0v) is 16.8. The van der Waals surface area contributed by atoms with Crippen LogP contribution in [0.5, 0.6) is 0 Å². The van der Waals surface area contributed by atoms with E-state index in [0.717, 1.165) is 25.5 Å². The Morgan fingerprint density at radius 1 is 0.667 bits per heavy atom. The molecular weight excluding hydrogens is 322 g/mol. The standard InChI is InChI=1S/C19H39NO3S/c1-3-4-5-6-7-8-9-10-11-12-13-14-15-16-17-18-19(21)20-24(2,22)23/h3-18H2,1-2H3,(H,20,21). The van der Waals surface area contributed by atoms with E-state index in [1.54, 1.807) is 0 Å². The van der Waals surface area contributed by atoms with Crippen molar-refractivity contribution in [3.8, 4) is 0 Å². The molecule has 0 atom stereocenters. The number of carbonyl (C=O) groups excluding carboxylic acids is 1. The average Bonchev–Trinajstić information content (AvgIpc) is 2.49. The molecule has 0 aliphatic heterocycles. The highest BCUT2D eigenvalue weighted by Crippen LogP contribution is 2.13. The van der Waals surface area contributed by atoms with E-state index in [1.165, 1.54) is 77.0 Å². The Morgan fingerprint density at radius 2 is 1.00 bits per heavy atom. The lowest BCUT2D eigenvalue weighted by molar-refractivity contribution is -0.119. The van der Waals surface area contributed by atoms with Crippen LogP contribution in [-0.4, -0.2) is 20.6 Å². The van der Waals surface area contributed by atoms with Gasteiger partial charge in [0, 0.05) is 6.42 Å². The summed E-state index contributed by atoms with van der Waals surface area (Å²) in [5.74, 6) is -0.382. The van der Waals surface area contributed by atoms with Crippen LogP contribution in [0.3, 0.4) is 0 Å². The molecule has 0 saturated heterocycles. The van der Waals surface area contributed by atoms with Crippen molar-refractivity contribution >= 4 is 15.9 Å². The summed E-state index contributed by atoms with van der Waals surface area (Å²) in [7, 11) is -3.39. The number of carbonyl (C=O) groups is 1. The summed E-state index contributed by atoms with van der Waals surface area (Å²) < 4.78 is 23.7. The fourth-order valence-corrected chi connectivity index (χ4v) is 3.43. The van der Waals surface area contributed by atoms with Crippen LogP contribution in [-0.2, 0) is 14.8 Å². The largest absolute Gasteiger partial charge is 0.274 e. The second kappa shape index (κ2) is 15.9. The van der Waals surface area contributed by atoms with Crippen molar-refractivity contribution in [1.82, 2.24) is 4.72 Å². The van der Waals surface area contributed by atoms with Crippen molar-refractivity contribution in [2.24, 2.45) is 0 Å². The molecule has 1 amide bonds. The summed E-state index contributed by atoms with van der Waals surface area (Å²) in [6.45, 7) is 2.26. The number of unbranched alkanes of at least 4 members (excludes halogenated alkanes) is 14. The van der Waals surface area contributed by atoms with Gasteiger partial charge < -0.3 is 0 Å². The summed E-state index contributed by atoms with van der Waals surface area (Å²) in [6, 6.07) is 0. The van der Waals surface area contributed by atoms with Gasteiger partial charge in [-0.25, -0.2) is 8.42 Å². The van der Waals surface area contributed by atoms with Crippen LogP contribution >= 0.6 is 0 Å². The zero-order chi connectivity index (χ0) is 18.1. The highest BCUT2D eigenvalue weighted by Gasteiger charge is 2.07. The van der Waals surface area contributed by atoms with Gasteiger partial charge in [-0.05, 0) is 6.42 Å². The number of rotatable bonds is 17. The third kappa shape index (κ3) is 19.5. The van der Waals surface area contributed by atoms with E-state index in [0.29, 0.717) is 6.42 Å². The van der Waals surface area contributed by atoms with E-state index in [1.807, 2.05) is 4.72 Å². The topological polar surface area (TPSA) is 63.2 Å². The van der Waals surface area contributed by atoms with Crippen molar-refractivity contribution in [1.29, 1.82) is 0 Å². The summed E-state index contributed by atoms with van der Waals surface area (Å²) in [5, 5.41) is 0. The molecule has 5 heteroatoms. The van der Waals surface area contributed by atoms with E-state index in [2.05, 4.69) is 6.92 Å². The number of nitrogens with one attached hydrogen (secondary N) is 1. The Labute approximate surface area is 150 Å². The van der Waals surface area contributed by atoms with Gasteiger partial charge >= 0.3 is 0 Å². The van der Waals surface area contributed by atoms with Crippen LogP contribution < -0.4 is 4.72 Å². The lowest BCUT2D eigenvalue weighted by Crippen LogP contribution is -2.28. The van der Waals surface area contributed by atoms with Gasteiger partial charge in [0.15, 0.2) is 0 Å². The van der Waals surface area contributed by atoms with Gasteiger partial charge in [0.05, 0.1) is 6.26 Å². The Kier molecular flexibility index (Phi) is 15.5. The minimum Gasteiger partial charge on any atom is -0.274 e. The summed E-state index contributed by atoms with van der Waals surface area (Å²) >= 11 is 0. The lowest BCUT2D eigenvalue weighted by atomic mass is 10.0. The minimum atomic E-state index is -3.39. The molecule has 144 valence electrons. The number of amides is 1. The average molecular weight is 362 g/mol. The van der Waals surface area contributed by atoms with Crippen LogP contribution in [0.1, 0.15) is 110 Å². The van der Waals surface area contributed by atoms with Crippen molar-refractivity contribution in [2.45, 2.75) is 110 Å². The molecule has 0 rings (SSSR count). The van der Waals surface area contributed by atoms with Crippen LogP contribution in [0.2, 0.25) is 0 Å². The molecule has 0 bridgehead atoms. The molecule has 0 unspecified atom stereocenters. The maximum atomic E-state index is 11.3. The molecule has 0 saturated carbocycles. The molecule has 0 heterocycles. The molecule has 0 aromatic heterocycles. The second-order valence-electron chi connectivity index (χ2n) is 7.00. The molecule has 0 aliphatic rings. The zero-order valence-electron chi connectivity index (χ0n) is 15.9. The van der Waals surface area contributed by atoms with Crippen molar-refractivity contribution in [3.63, 3.8) is 0 Å². The lowest BCUT2D eigenvalue weighted by Gasteiger charge is -2.04. The highest BCUT2D eigenvalue weighted by atomic mass is 32.2. The molecule has 0 fully saturated rings. The first-order valence-electron chi connectivity index (χ1n) is 9.96. The molecular formula is C19H39NO3S. The Hall–Kier alpha value is -0.580. The van der Waals surface area contributed by atoms with E-state index in [4.69, 9.17) is 0 Å². The monoisotopic (exact) mass is 361 g/mol. The smallest absolute Gasteiger partial charge is 0.233 e. The Morgan fingerprint density at radius 3 is 1.33 bits per heavy atom. The fourth-order valence-electron chi connectivity index (χ4n) is 2.91. The molecule has 24 heavy (non-hydrogen) atoms. The minimum absolute atomic E-state index is 0.311.